The van der Waals surface area contributed by atoms with Gasteiger partial charge in [0.2, 0.25) is 4.96 Å². The Balaban J connectivity index is 1.42. The summed E-state index contributed by atoms with van der Waals surface area (Å²) >= 11 is 1.41. The van der Waals surface area contributed by atoms with Crippen molar-refractivity contribution in [3.8, 4) is 27.6 Å². The number of anilines is 1. The molecule has 2 heterocycles. The number of rotatable bonds is 6. The number of nitro benzene ring substituents is 1. The van der Waals surface area contributed by atoms with E-state index in [1.165, 1.54) is 30.6 Å². The monoisotopic (exact) mass is 449 g/mol. The second kappa shape index (κ2) is 8.58. The van der Waals surface area contributed by atoms with Crippen LogP contribution >= 0.6 is 11.3 Å². The molecule has 0 unspecified atom stereocenters. The molecular formula is C23H23N5O3S. The molecule has 32 heavy (non-hydrogen) atoms. The average Bonchev–Trinajstić information content (AvgIpc) is 3.40. The van der Waals surface area contributed by atoms with Crippen molar-refractivity contribution in [2.24, 2.45) is 0 Å². The number of nitro groups is 1. The molecule has 5 rings (SSSR count). The Morgan fingerprint density at radius 1 is 1.12 bits per heavy atom. The summed E-state index contributed by atoms with van der Waals surface area (Å²) in [6.45, 7) is 0. The van der Waals surface area contributed by atoms with E-state index in [-0.39, 0.29) is 10.6 Å². The van der Waals surface area contributed by atoms with E-state index in [0.717, 1.165) is 34.8 Å². The molecule has 0 aliphatic heterocycles. The SMILES string of the molecule is COc1ccc(-c2cn3nc(-c4ccc(NC5CCCCC5)c([N+](=O)[O-])c4)sc3n2)cc1. The van der Waals surface area contributed by atoms with Crippen molar-refractivity contribution < 1.29 is 9.66 Å². The van der Waals surface area contributed by atoms with Gasteiger partial charge in [0, 0.05) is 23.2 Å². The Hall–Kier alpha value is -3.46. The zero-order chi connectivity index (χ0) is 22.1. The Morgan fingerprint density at radius 2 is 1.88 bits per heavy atom. The van der Waals surface area contributed by atoms with E-state index in [9.17, 15) is 10.1 Å². The smallest absolute Gasteiger partial charge is 0.293 e. The van der Waals surface area contributed by atoms with Gasteiger partial charge in [0.05, 0.1) is 23.9 Å². The molecule has 1 aliphatic carbocycles. The second-order valence-corrected chi connectivity index (χ2v) is 8.91. The van der Waals surface area contributed by atoms with Gasteiger partial charge in [0.25, 0.3) is 5.69 Å². The maximum atomic E-state index is 11.7. The third-order valence-corrected chi connectivity index (χ3v) is 6.81. The second-order valence-electron chi connectivity index (χ2n) is 7.96. The number of fused-ring (bicyclic) bond motifs is 1. The van der Waals surface area contributed by atoms with Crippen molar-refractivity contribution in [3.05, 3.63) is 58.8 Å². The molecule has 1 aliphatic rings. The Labute approximate surface area is 189 Å². The van der Waals surface area contributed by atoms with Crippen molar-refractivity contribution in [2.75, 3.05) is 12.4 Å². The van der Waals surface area contributed by atoms with Crippen molar-refractivity contribution in [1.82, 2.24) is 14.6 Å². The van der Waals surface area contributed by atoms with Gasteiger partial charge in [-0.2, -0.15) is 5.10 Å². The van der Waals surface area contributed by atoms with Gasteiger partial charge in [0.15, 0.2) is 0 Å². The van der Waals surface area contributed by atoms with Gasteiger partial charge in [-0.05, 0) is 49.2 Å². The highest BCUT2D eigenvalue weighted by molar-refractivity contribution is 7.19. The van der Waals surface area contributed by atoms with Crippen molar-refractivity contribution in [1.29, 1.82) is 0 Å². The van der Waals surface area contributed by atoms with Crippen LogP contribution in [-0.4, -0.2) is 32.7 Å². The lowest BCUT2D eigenvalue weighted by molar-refractivity contribution is -0.383. The molecule has 0 saturated heterocycles. The molecule has 1 N–H and O–H groups in total. The van der Waals surface area contributed by atoms with Crippen molar-refractivity contribution in [3.63, 3.8) is 0 Å². The van der Waals surface area contributed by atoms with E-state index in [1.54, 1.807) is 23.8 Å². The third-order valence-electron chi connectivity index (χ3n) is 5.84. The highest BCUT2D eigenvalue weighted by Crippen LogP contribution is 2.35. The average molecular weight is 450 g/mol. The fourth-order valence-electron chi connectivity index (χ4n) is 4.12. The van der Waals surface area contributed by atoms with E-state index in [4.69, 9.17) is 4.74 Å². The topological polar surface area (TPSA) is 94.6 Å². The van der Waals surface area contributed by atoms with Crippen LogP contribution in [-0.2, 0) is 0 Å². The molecule has 0 bridgehead atoms. The van der Waals surface area contributed by atoms with E-state index >= 15 is 0 Å². The zero-order valence-electron chi connectivity index (χ0n) is 17.7. The first kappa shape index (κ1) is 20.4. The number of nitrogens with zero attached hydrogens (tertiary/aromatic N) is 4. The molecular weight excluding hydrogens is 426 g/mol. The Morgan fingerprint density at radius 3 is 2.56 bits per heavy atom. The number of aromatic nitrogens is 3. The molecule has 1 fully saturated rings. The predicted molar refractivity (Wildman–Crippen MR) is 125 cm³/mol. The van der Waals surface area contributed by atoms with E-state index < -0.39 is 0 Å². The first-order valence-corrected chi connectivity index (χ1v) is 11.5. The standard InChI is InChI=1S/C23H23N5O3S/c1-31-18-10-7-15(8-11-18)20-14-27-23(25-20)32-22(26-27)16-9-12-19(21(13-16)28(29)30)24-17-5-3-2-4-6-17/h7-14,17,24H,2-6H2,1H3. The van der Waals surface area contributed by atoms with Gasteiger partial charge < -0.3 is 10.1 Å². The van der Waals surface area contributed by atoms with E-state index in [2.05, 4.69) is 15.4 Å². The summed E-state index contributed by atoms with van der Waals surface area (Å²) < 4.78 is 6.92. The molecule has 8 nitrogen and oxygen atoms in total. The lowest BCUT2D eigenvalue weighted by Crippen LogP contribution is -2.22. The van der Waals surface area contributed by atoms with Crippen LogP contribution in [0.1, 0.15) is 32.1 Å². The van der Waals surface area contributed by atoms with Gasteiger partial charge in [-0.3, -0.25) is 10.1 Å². The minimum atomic E-state index is -0.324. The van der Waals surface area contributed by atoms with Crippen LogP contribution < -0.4 is 10.1 Å². The van der Waals surface area contributed by atoms with Crippen LogP contribution in [0.15, 0.2) is 48.7 Å². The minimum absolute atomic E-state index is 0.0832. The number of ether oxygens (including phenoxy) is 1. The van der Waals surface area contributed by atoms with Gasteiger partial charge in [-0.15, -0.1) is 0 Å². The zero-order valence-corrected chi connectivity index (χ0v) is 18.5. The van der Waals surface area contributed by atoms with Crippen LogP contribution in [0.25, 0.3) is 26.8 Å². The van der Waals surface area contributed by atoms with Crippen LogP contribution in [0.5, 0.6) is 5.75 Å². The number of hydrogen-bond acceptors (Lipinski definition) is 7. The van der Waals surface area contributed by atoms with Crippen LogP contribution in [0, 0.1) is 10.1 Å². The maximum Gasteiger partial charge on any atom is 0.293 e. The highest BCUT2D eigenvalue weighted by Gasteiger charge is 2.21. The van der Waals surface area contributed by atoms with Gasteiger partial charge in [0.1, 0.15) is 16.4 Å². The van der Waals surface area contributed by atoms with Crippen LogP contribution in [0.3, 0.4) is 0 Å². The molecule has 0 radical (unpaired) electrons. The van der Waals surface area contributed by atoms with Gasteiger partial charge in [-0.1, -0.05) is 30.6 Å². The molecule has 2 aromatic heterocycles. The normalized spacial score (nSPS) is 14.5. The summed E-state index contributed by atoms with van der Waals surface area (Å²) in [5.74, 6) is 0.790. The summed E-state index contributed by atoms with van der Waals surface area (Å²) in [5.41, 5.74) is 3.16. The minimum Gasteiger partial charge on any atom is -0.497 e. The molecule has 4 aromatic rings. The quantitative estimate of drug-likeness (QED) is 0.296. The summed E-state index contributed by atoms with van der Waals surface area (Å²) in [6, 6.07) is 13.3. The molecule has 1 saturated carbocycles. The number of benzene rings is 2. The van der Waals surface area contributed by atoms with Crippen molar-refractivity contribution in [2.45, 2.75) is 38.1 Å². The van der Waals surface area contributed by atoms with Crippen LogP contribution in [0.2, 0.25) is 0 Å². The molecule has 0 spiro atoms. The fraction of sp³-hybridized carbons (Fsp3) is 0.304. The third kappa shape index (κ3) is 4.03. The molecule has 164 valence electrons. The molecule has 0 atom stereocenters. The predicted octanol–water partition coefficient (Wildman–Crippen LogP) is 5.79. The first-order chi connectivity index (χ1) is 15.6. The number of hydrogen-bond donors (Lipinski definition) is 1. The number of nitrogens with one attached hydrogen (secondary N) is 1. The van der Waals surface area contributed by atoms with E-state index in [1.807, 2.05) is 36.5 Å². The summed E-state index contributed by atoms with van der Waals surface area (Å²) in [7, 11) is 1.63. The highest BCUT2D eigenvalue weighted by atomic mass is 32.1. The van der Waals surface area contributed by atoms with Crippen molar-refractivity contribution >= 4 is 27.7 Å². The van der Waals surface area contributed by atoms with E-state index in [0.29, 0.717) is 22.3 Å². The summed E-state index contributed by atoms with van der Waals surface area (Å²) in [5, 5.41) is 20.4. The molecule has 9 heteroatoms. The lowest BCUT2D eigenvalue weighted by atomic mass is 9.95. The maximum absolute atomic E-state index is 11.7. The number of imidazole rings is 1. The molecule has 2 aromatic carbocycles. The Bertz CT molecular complexity index is 1230. The Kier molecular flexibility index (Phi) is 5.48. The fourth-order valence-corrected chi connectivity index (χ4v) is 5.00. The largest absolute Gasteiger partial charge is 0.497 e. The van der Waals surface area contributed by atoms with Crippen LogP contribution in [0.4, 0.5) is 11.4 Å². The lowest BCUT2D eigenvalue weighted by Gasteiger charge is -2.23. The summed E-state index contributed by atoms with van der Waals surface area (Å²) in [6.07, 6.45) is 7.55. The van der Waals surface area contributed by atoms with Gasteiger partial charge >= 0.3 is 0 Å². The summed E-state index contributed by atoms with van der Waals surface area (Å²) in [4.78, 5) is 16.8. The molecule has 0 amide bonds. The van der Waals surface area contributed by atoms with Gasteiger partial charge in [-0.25, -0.2) is 9.50 Å². The number of methoxy groups -OCH3 is 1. The first-order valence-electron chi connectivity index (χ1n) is 10.7.